The van der Waals surface area contributed by atoms with Crippen molar-refractivity contribution in [2.24, 2.45) is 7.05 Å². The van der Waals surface area contributed by atoms with Crippen LogP contribution in [0.5, 0.6) is 0 Å². The number of ketones is 1. The van der Waals surface area contributed by atoms with Crippen LogP contribution < -0.4 is 0 Å². The second kappa shape index (κ2) is 6.00. The smallest absolute Gasteiger partial charge is 0.180 e. The summed E-state index contributed by atoms with van der Waals surface area (Å²) in [6, 6.07) is 8.20. The Balaban J connectivity index is 1.78. The van der Waals surface area contributed by atoms with Crippen LogP contribution in [0.3, 0.4) is 0 Å². The molecule has 1 aliphatic rings. The van der Waals surface area contributed by atoms with Gasteiger partial charge in [-0.05, 0) is 18.6 Å². The van der Waals surface area contributed by atoms with Gasteiger partial charge in [0.25, 0.3) is 0 Å². The largest absolute Gasteiger partial charge is 0.379 e. The molecule has 3 rings (SSSR count). The third-order valence-corrected chi connectivity index (χ3v) is 4.38. The minimum atomic E-state index is 0.234. The first-order valence-electron chi connectivity index (χ1n) is 7.56. The van der Waals surface area contributed by atoms with E-state index in [0.29, 0.717) is 6.42 Å². The van der Waals surface area contributed by atoms with Gasteiger partial charge >= 0.3 is 0 Å². The zero-order valence-corrected chi connectivity index (χ0v) is 12.8. The number of aromatic nitrogens is 1. The van der Waals surface area contributed by atoms with E-state index in [4.69, 9.17) is 4.74 Å². The van der Waals surface area contributed by atoms with Crippen LogP contribution in [0.15, 0.2) is 24.3 Å². The highest BCUT2D eigenvalue weighted by Gasteiger charge is 2.19. The fourth-order valence-electron chi connectivity index (χ4n) is 3.18. The van der Waals surface area contributed by atoms with E-state index in [9.17, 15) is 4.79 Å². The van der Waals surface area contributed by atoms with Crippen LogP contribution in [0, 0.1) is 6.92 Å². The zero-order chi connectivity index (χ0) is 14.8. The van der Waals surface area contributed by atoms with E-state index in [0.717, 1.165) is 49.6 Å². The van der Waals surface area contributed by atoms with Crippen molar-refractivity contribution in [3.05, 3.63) is 35.5 Å². The summed E-state index contributed by atoms with van der Waals surface area (Å²) in [6.07, 6.45) is 0.574. The maximum atomic E-state index is 12.6. The van der Waals surface area contributed by atoms with Crippen molar-refractivity contribution in [2.75, 3.05) is 32.8 Å². The predicted molar refractivity (Wildman–Crippen MR) is 83.9 cm³/mol. The summed E-state index contributed by atoms with van der Waals surface area (Å²) >= 11 is 0. The molecule has 1 aliphatic heterocycles. The Bertz CT molecular complexity index is 615. The van der Waals surface area contributed by atoms with Crippen molar-refractivity contribution in [1.82, 2.24) is 9.47 Å². The lowest BCUT2D eigenvalue weighted by Gasteiger charge is -2.26. The number of morpholine rings is 1. The summed E-state index contributed by atoms with van der Waals surface area (Å²) in [4.78, 5) is 14.9. The highest BCUT2D eigenvalue weighted by Crippen LogP contribution is 2.25. The molecule has 2 aromatic rings. The number of benzene rings is 1. The molecule has 0 N–H and O–H groups in total. The van der Waals surface area contributed by atoms with Crippen LogP contribution in [-0.2, 0) is 11.8 Å². The molecular formula is C17H22N2O2. The molecule has 1 fully saturated rings. The van der Waals surface area contributed by atoms with E-state index in [-0.39, 0.29) is 5.78 Å². The minimum absolute atomic E-state index is 0.234. The van der Waals surface area contributed by atoms with E-state index < -0.39 is 0 Å². The first-order chi connectivity index (χ1) is 10.2. The van der Waals surface area contributed by atoms with Crippen LogP contribution >= 0.6 is 0 Å². The molecule has 0 saturated carbocycles. The third-order valence-electron chi connectivity index (χ3n) is 4.38. The van der Waals surface area contributed by atoms with Gasteiger partial charge in [0.1, 0.15) is 0 Å². The quantitative estimate of drug-likeness (QED) is 0.809. The number of nitrogens with zero attached hydrogens (tertiary/aromatic N) is 2. The molecule has 1 saturated heterocycles. The summed E-state index contributed by atoms with van der Waals surface area (Å²) in [5, 5.41) is 1.18. The van der Waals surface area contributed by atoms with Gasteiger partial charge < -0.3 is 9.30 Å². The van der Waals surface area contributed by atoms with Gasteiger partial charge in [-0.15, -0.1) is 0 Å². The van der Waals surface area contributed by atoms with Crippen molar-refractivity contribution in [2.45, 2.75) is 13.3 Å². The van der Waals surface area contributed by atoms with Crippen molar-refractivity contribution >= 4 is 16.7 Å². The lowest BCUT2D eigenvalue weighted by Crippen LogP contribution is -2.37. The summed E-state index contributed by atoms with van der Waals surface area (Å²) in [5.41, 5.74) is 3.08. The molecule has 0 amide bonds. The molecule has 0 radical (unpaired) electrons. The number of para-hydroxylation sites is 1. The molecular weight excluding hydrogens is 264 g/mol. The molecule has 1 aromatic carbocycles. The summed E-state index contributed by atoms with van der Waals surface area (Å²) < 4.78 is 7.37. The van der Waals surface area contributed by atoms with Crippen LogP contribution in [0.4, 0.5) is 0 Å². The van der Waals surface area contributed by atoms with Gasteiger partial charge in [-0.2, -0.15) is 0 Å². The number of hydrogen-bond donors (Lipinski definition) is 0. The molecule has 0 aliphatic carbocycles. The SMILES string of the molecule is Cc1c(C(=O)CCN2CCOCC2)n(C)c2ccccc12. The first kappa shape index (κ1) is 14.3. The Kier molecular flexibility index (Phi) is 4.08. The Morgan fingerprint density at radius 2 is 1.95 bits per heavy atom. The lowest BCUT2D eigenvalue weighted by molar-refractivity contribution is 0.0369. The van der Waals surface area contributed by atoms with Crippen LogP contribution in [-0.4, -0.2) is 48.1 Å². The van der Waals surface area contributed by atoms with E-state index in [1.54, 1.807) is 0 Å². The molecule has 2 heterocycles. The maximum absolute atomic E-state index is 12.6. The number of ether oxygens (including phenoxy) is 1. The van der Waals surface area contributed by atoms with Crippen molar-refractivity contribution < 1.29 is 9.53 Å². The van der Waals surface area contributed by atoms with Gasteiger partial charge in [-0.25, -0.2) is 0 Å². The minimum Gasteiger partial charge on any atom is -0.379 e. The molecule has 4 heteroatoms. The zero-order valence-electron chi connectivity index (χ0n) is 12.8. The Hall–Kier alpha value is -1.65. The highest BCUT2D eigenvalue weighted by atomic mass is 16.5. The number of aryl methyl sites for hydroxylation is 2. The van der Waals surface area contributed by atoms with Gasteiger partial charge in [0.05, 0.1) is 18.9 Å². The van der Waals surface area contributed by atoms with Gasteiger partial charge in [0.2, 0.25) is 0 Å². The number of carbonyl (C=O) groups excluding carboxylic acids is 1. The van der Waals surface area contributed by atoms with E-state index in [2.05, 4.69) is 17.0 Å². The monoisotopic (exact) mass is 286 g/mol. The molecule has 0 bridgehead atoms. The Labute approximate surface area is 125 Å². The fourth-order valence-corrected chi connectivity index (χ4v) is 3.18. The summed E-state index contributed by atoms with van der Waals surface area (Å²) in [7, 11) is 1.98. The molecule has 0 unspecified atom stereocenters. The van der Waals surface area contributed by atoms with Crippen LogP contribution in [0.1, 0.15) is 22.5 Å². The maximum Gasteiger partial charge on any atom is 0.180 e. The van der Waals surface area contributed by atoms with Crippen LogP contribution in [0.2, 0.25) is 0 Å². The third kappa shape index (κ3) is 2.74. The number of fused-ring (bicyclic) bond motifs is 1. The van der Waals surface area contributed by atoms with Crippen molar-refractivity contribution in [1.29, 1.82) is 0 Å². The highest BCUT2D eigenvalue weighted by molar-refractivity contribution is 6.02. The van der Waals surface area contributed by atoms with Crippen molar-refractivity contribution in [3.63, 3.8) is 0 Å². The normalized spacial score (nSPS) is 16.5. The van der Waals surface area contributed by atoms with Gasteiger partial charge in [-0.1, -0.05) is 18.2 Å². The fraction of sp³-hybridized carbons (Fsp3) is 0.471. The standard InChI is InChI=1S/C17H22N2O2/c1-13-14-5-3-4-6-15(14)18(2)17(13)16(20)7-8-19-9-11-21-12-10-19/h3-6H,7-12H2,1-2H3. The lowest BCUT2D eigenvalue weighted by atomic mass is 10.1. The number of hydrogen-bond acceptors (Lipinski definition) is 3. The number of rotatable bonds is 4. The second-order valence-electron chi connectivity index (χ2n) is 5.68. The predicted octanol–water partition coefficient (Wildman–Crippen LogP) is 2.39. The van der Waals surface area contributed by atoms with Gasteiger partial charge in [0, 0.05) is 44.0 Å². The average molecular weight is 286 g/mol. The number of Topliss-reactive ketones (excluding diaryl/α,β-unsaturated/α-hetero) is 1. The topological polar surface area (TPSA) is 34.5 Å². The molecule has 1 aromatic heterocycles. The molecule has 112 valence electrons. The van der Waals surface area contributed by atoms with Crippen molar-refractivity contribution in [3.8, 4) is 0 Å². The van der Waals surface area contributed by atoms with Gasteiger partial charge in [-0.3, -0.25) is 9.69 Å². The summed E-state index contributed by atoms with van der Waals surface area (Å²) in [6.45, 7) is 6.29. The van der Waals surface area contributed by atoms with Crippen LogP contribution in [0.25, 0.3) is 10.9 Å². The van der Waals surface area contributed by atoms with Gasteiger partial charge in [0.15, 0.2) is 5.78 Å². The Morgan fingerprint density at radius 3 is 2.67 bits per heavy atom. The molecule has 4 nitrogen and oxygen atoms in total. The second-order valence-corrected chi connectivity index (χ2v) is 5.68. The van der Waals surface area contributed by atoms with E-state index in [1.165, 1.54) is 5.39 Å². The molecule has 21 heavy (non-hydrogen) atoms. The summed E-state index contributed by atoms with van der Waals surface area (Å²) in [5.74, 6) is 0.234. The number of carbonyl (C=O) groups is 1. The van der Waals surface area contributed by atoms with E-state index in [1.807, 2.05) is 30.7 Å². The first-order valence-corrected chi connectivity index (χ1v) is 7.56. The molecule has 0 spiro atoms. The molecule has 0 atom stereocenters. The van der Waals surface area contributed by atoms with E-state index >= 15 is 0 Å². The Morgan fingerprint density at radius 1 is 1.24 bits per heavy atom. The average Bonchev–Trinajstić information content (AvgIpc) is 2.78.